The van der Waals surface area contributed by atoms with Crippen LogP contribution in [-0.4, -0.2) is 25.0 Å². The number of halogens is 4. The van der Waals surface area contributed by atoms with Gasteiger partial charge in [0.15, 0.2) is 0 Å². The molecule has 0 bridgehead atoms. The minimum Gasteiger partial charge on any atom is -0.371 e. The molecule has 1 heterocycles. The summed E-state index contributed by atoms with van der Waals surface area (Å²) in [6.07, 6.45) is -3.04. The van der Waals surface area contributed by atoms with Gasteiger partial charge in [-0.25, -0.2) is 0 Å². The summed E-state index contributed by atoms with van der Waals surface area (Å²) in [5.74, 6) is -1.84. The summed E-state index contributed by atoms with van der Waals surface area (Å²) in [4.78, 5) is 13.2. The number of nitrogens with zero attached hydrogens (tertiary/aromatic N) is 1. The van der Waals surface area contributed by atoms with Crippen molar-refractivity contribution in [1.29, 1.82) is 0 Å². The van der Waals surface area contributed by atoms with Crippen molar-refractivity contribution in [3.8, 4) is 0 Å². The topological polar surface area (TPSA) is 20.3 Å². The van der Waals surface area contributed by atoms with Gasteiger partial charge < -0.3 is 4.90 Å². The summed E-state index contributed by atoms with van der Waals surface area (Å²) in [5.41, 5.74) is -0.0453. The average molecular weight is 278 g/mol. The van der Waals surface area contributed by atoms with E-state index in [4.69, 9.17) is 11.6 Å². The Balaban J connectivity index is 2.43. The lowest BCUT2D eigenvalue weighted by Crippen LogP contribution is -2.27. The van der Waals surface area contributed by atoms with E-state index in [2.05, 4.69) is 0 Å². The number of benzene rings is 1. The maximum absolute atomic E-state index is 12.5. The third kappa shape index (κ3) is 2.61. The van der Waals surface area contributed by atoms with E-state index in [-0.39, 0.29) is 10.6 Å². The fourth-order valence-electron chi connectivity index (χ4n) is 2.08. The highest BCUT2D eigenvalue weighted by Crippen LogP contribution is 2.32. The zero-order valence-corrected chi connectivity index (χ0v) is 10.2. The molecule has 0 atom stereocenters. The molecule has 2 rings (SSSR count). The third-order valence-electron chi connectivity index (χ3n) is 2.91. The molecule has 0 unspecified atom stereocenters. The van der Waals surface area contributed by atoms with Gasteiger partial charge in [-0.05, 0) is 31.0 Å². The number of hydrogen-bond acceptors (Lipinski definition) is 2. The lowest BCUT2D eigenvalue weighted by Gasteiger charge is -2.21. The van der Waals surface area contributed by atoms with Crippen molar-refractivity contribution in [3.63, 3.8) is 0 Å². The minimum atomic E-state index is -4.88. The van der Waals surface area contributed by atoms with Crippen LogP contribution in [0.15, 0.2) is 18.2 Å². The van der Waals surface area contributed by atoms with Gasteiger partial charge in [-0.3, -0.25) is 4.79 Å². The number of hydrogen-bond donors (Lipinski definition) is 0. The Labute approximate surface area is 107 Å². The fourth-order valence-corrected chi connectivity index (χ4v) is 2.25. The summed E-state index contributed by atoms with van der Waals surface area (Å²) < 4.78 is 37.6. The van der Waals surface area contributed by atoms with Gasteiger partial charge in [-0.15, -0.1) is 0 Å². The number of ketones is 1. The van der Waals surface area contributed by atoms with Crippen LogP contribution in [0.3, 0.4) is 0 Å². The molecule has 0 N–H and O–H groups in total. The first-order valence-electron chi connectivity index (χ1n) is 5.55. The van der Waals surface area contributed by atoms with Gasteiger partial charge in [0.2, 0.25) is 0 Å². The van der Waals surface area contributed by atoms with Crippen molar-refractivity contribution in [3.05, 3.63) is 28.8 Å². The van der Waals surface area contributed by atoms with Crippen LogP contribution in [0.4, 0.5) is 18.9 Å². The molecule has 0 aromatic heterocycles. The Bertz CT molecular complexity index is 467. The van der Waals surface area contributed by atoms with Crippen molar-refractivity contribution in [1.82, 2.24) is 0 Å². The number of carbonyl (C=O) groups excluding carboxylic acids is 1. The van der Waals surface area contributed by atoms with E-state index in [0.717, 1.165) is 18.9 Å². The Kier molecular flexibility index (Phi) is 3.52. The molecular weight excluding hydrogens is 267 g/mol. The molecule has 1 aliphatic rings. The van der Waals surface area contributed by atoms with Crippen LogP contribution in [-0.2, 0) is 0 Å². The number of rotatable bonds is 2. The molecule has 1 fully saturated rings. The molecule has 0 amide bonds. The maximum Gasteiger partial charge on any atom is 0.454 e. The number of alkyl halides is 3. The van der Waals surface area contributed by atoms with Gasteiger partial charge >= 0.3 is 6.18 Å². The van der Waals surface area contributed by atoms with Gasteiger partial charge in [0.25, 0.3) is 5.78 Å². The van der Waals surface area contributed by atoms with Gasteiger partial charge in [0, 0.05) is 23.8 Å². The molecule has 98 valence electrons. The SMILES string of the molecule is O=C(c1cc(Cl)ccc1N1CCCC1)C(F)(F)F. The second-order valence-corrected chi connectivity index (χ2v) is 4.62. The van der Waals surface area contributed by atoms with Crippen LogP contribution < -0.4 is 4.90 Å². The van der Waals surface area contributed by atoms with Crippen LogP contribution in [0.2, 0.25) is 5.02 Å². The van der Waals surface area contributed by atoms with Crippen molar-refractivity contribution >= 4 is 23.1 Å². The molecule has 6 heteroatoms. The monoisotopic (exact) mass is 277 g/mol. The highest BCUT2D eigenvalue weighted by atomic mass is 35.5. The molecule has 2 nitrogen and oxygen atoms in total. The minimum absolute atomic E-state index is 0.130. The highest BCUT2D eigenvalue weighted by Gasteiger charge is 2.41. The van der Waals surface area contributed by atoms with Gasteiger partial charge in [0.1, 0.15) is 0 Å². The largest absolute Gasteiger partial charge is 0.454 e. The Morgan fingerprint density at radius 3 is 2.39 bits per heavy atom. The first-order chi connectivity index (χ1) is 8.39. The van der Waals surface area contributed by atoms with E-state index in [0.29, 0.717) is 18.8 Å². The average Bonchev–Trinajstić information content (AvgIpc) is 2.80. The molecule has 0 aliphatic carbocycles. The molecule has 1 aromatic rings. The first-order valence-corrected chi connectivity index (χ1v) is 5.93. The van der Waals surface area contributed by atoms with Crippen LogP contribution in [0, 0.1) is 0 Å². The predicted octanol–water partition coefficient (Wildman–Crippen LogP) is 3.69. The van der Waals surface area contributed by atoms with E-state index in [9.17, 15) is 18.0 Å². The highest BCUT2D eigenvalue weighted by molar-refractivity contribution is 6.31. The second-order valence-electron chi connectivity index (χ2n) is 4.18. The standard InChI is InChI=1S/C12H11ClF3NO/c13-8-3-4-10(17-5-1-2-6-17)9(7-8)11(18)12(14,15)16/h3-4,7H,1-2,5-6H2. The molecule has 18 heavy (non-hydrogen) atoms. The first kappa shape index (κ1) is 13.2. The quantitative estimate of drug-likeness (QED) is 0.769. The number of Topliss-reactive ketones (excluding diaryl/α,β-unsaturated/α-hetero) is 1. The van der Waals surface area contributed by atoms with Crippen LogP contribution >= 0.6 is 11.6 Å². The lowest BCUT2D eigenvalue weighted by atomic mass is 10.1. The van der Waals surface area contributed by atoms with E-state index < -0.39 is 12.0 Å². The van der Waals surface area contributed by atoms with Gasteiger partial charge in [-0.1, -0.05) is 11.6 Å². The molecular formula is C12H11ClF3NO. The summed E-state index contributed by atoms with van der Waals surface area (Å²) >= 11 is 5.68. The molecule has 0 saturated carbocycles. The van der Waals surface area contributed by atoms with Crippen molar-refractivity contribution < 1.29 is 18.0 Å². The van der Waals surface area contributed by atoms with E-state index in [1.807, 2.05) is 0 Å². The Morgan fingerprint density at radius 1 is 1.22 bits per heavy atom. The second kappa shape index (κ2) is 4.80. The molecule has 1 aromatic carbocycles. The fraction of sp³-hybridized carbons (Fsp3) is 0.417. The van der Waals surface area contributed by atoms with E-state index >= 15 is 0 Å². The predicted molar refractivity (Wildman–Crippen MR) is 63.3 cm³/mol. The summed E-state index contributed by atoms with van der Waals surface area (Å²) in [6, 6.07) is 4.07. The van der Waals surface area contributed by atoms with Crippen LogP contribution in [0.5, 0.6) is 0 Å². The van der Waals surface area contributed by atoms with Gasteiger partial charge in [-0.2, -0.15) is 13.2 Å². The van der Waals surface area contributed by atoms with Crippen molar-refractivity contribution in [2.75, 3.05) is 18.0 Å². The summed E-state index contributed by atoms with van der Waals surface area (Å²) in [5, 5.41) is 0.130. The Morgan fingerprint density at radius 2 is 1.83 bits per heavy atom. The van der Waals surface area contributed by atoms with Gasteiger partial charge in [0.05, 0.1) is 5.56 Å². The Hall–Kier alpha value is -1.23. The summed E-state index contributed by atoms with van der Waals surface area (Å²) in [7, 11) is 0. The smallest absolute Gasteiger partial charge is 0.371 e. The zero-order valence-electron chi connectivity index (χ0n) is 9.43. The normalized spacial score (nSPS) is 16.1. The molecule has 0 radical (unpaired) electrons. The van der Waals surface area contributed by atoms with Crippen LogP contribution in [0.25, 0.3) is 0 Å². The third-order valence-corrected chi connectivity index (χ3v) is 3.14. The number of carbonyl (C=O) groups is 1. The zero-order chi connectivity index (χ0) is 13.3. The molecule has 0 spiro atoms. The number of anilines is 1. The molecule has 1 aliphatic heterocycles. The van der Waals surface area contributed by atoms with Crippen molar-refractivity contribution in [2.24, 2.45) is 0 Å². The summed E-state index contributed by atoms with van der Waals surface area (Å²) in [6.45, 7) is 1.33. The van der Waals surface area contributed by atoms with E-state index in [1.165, 1.54) is 12.1 Å². The van der Waals surface area contributed by atoms with Crippen LogP contribution in [0.1, 0.15) is 23.2 Å². The lowest BCUT2D eigenvalue weighted by molar-refractivity contribution is -0.0884. The van der Waals surface area contributed by atoms with E-state index in [1.54, 1.807) is 4.90 Å². The molecule has 1 saturated heterocycles. The van der Waals surface area contributed by atoms with Crippen molar-refractivity contribution in [2.45, 2.75) is 19.0 Å². The maximum atomic E-state index is 12.5.